The lowest BCUT2D eigenvalue weighted by atomic mass is 9.74. The Morgan fingerprint density at radius 2 is 1.94 bits per heavy atom. The van der Waals surface area contributed by atoms with Crippen LogP contribution >= 0.6 is 0 Å². The first-order valence-electron chi connectivity index (χ1n) is 6.60. The van der Waals surface area contributed by atoms with Gasteiger partial charge in [-0.1, -0.05) is 23.8 Å². The van der Waals surface area contributed by atoms with Crippen molar-refractivity contribution >= 4 is 0 Å². The average Bonchev–Trinajstić information content (AvgIpc) is 3.11. The molecule has 0 aromatic heterocycles. The Kier molecular flexibility index (Phi) is 2.51. The van der Waals surface area contributed by atoms with E-state index in [-0.39, 0.29) is 0 Å². The largest absolute Gasteiger partial charge is 0.330 e. The third kappa shape index (κ3) is 1.67. The van der Waals surface area contributed by atoms with Crippen LogP contribution in [0.1, 0.15) is 54.2 Å². The lowest BCUT2D eigenvalue weighted by molar-refractivity contribution is 0.453. The first-order valence-corrected chi connectivity index (χ1v) is 6.60. The topological polar surface area (TPSA) is 26.0 Å². The Labute approximate surface area is 98.0 Å². The van der Waals surface area contributed by atoms with Crippen LogP contribution in [0.15, 0.2) is 18.2 Å². The molecule has 2 atom stereocenters. The summed E-state index contributed by atoms with van der Waals surface area (Å²) in [5.74, 6) is 2.45. The number of hydrogen-bond acceptors (Lipinski definition) is 1. The monoisotopic (exact) mass is 215 g/mol. The third-order valence-electron chi connectivity index (χ3n) is 4.38. The van der Waals surface area contributed by atoms with E-state index < -0.39 is 0 Å². The molecule has 1 nitrogen and oxygen atoms in total. The Hall–Kier alpha value is -0.820. The van der Waals surface area contributed by atoms with Gasteiger partial charge in [-0.2, -0.15) is 0 Å². The van der Waals surface area contributed by atoms with Crippen molar-refractivity contribution in [3.05, 3.63) is 34.9 Å². The van der Waals surface area contributed by atoms with E-state index in [1.807, 2.05) is 0 Å². The summed E-state index contributed by atoms with van der Waals surface area (Å²) in [5.41, 5.74) is 10.5. The van der Waals surface area contributed by atoms with Crippen molar-refractivity contribution < 1.29 is 0 Å². The van der Waals surface area contributed by atoms with E-state index in [2.05, 4.69) is 25.1 Å². The molecule has 2 aliphatic carbocycles. The van der Waals surface area contributed by atoms with Crippen molar-refractivity contribution in [1.82, 2.24) is 0 Å². The van der Waals surface area contributed by atoms with Crippen LogP contribution in [-0.4, -0.2) is 6.54 Å². The summed E-state index contributed by atoms with van der Waals surface area (Å²) in [7, 11) is 0. The first-order chi connectivity index (χ1) is 7.79. The molecule has 0 saturated heterocycles. The van der Waals surface area contributed by atoms with Crippen molar-refractivity contribution in [3.63, 3.8) is 0 Å². The maximum atomic E-state index is 5.91. The Balaban J connectivity index is 2.02. The fourth-order valence-corrected chi connectivity index (χ4v) is 3.31. The SMILES string of the molecule is Cc1ccc2c(c1)C(CN)CCC2C1CC1. The fourth-order valence-electron chi connectivity index (χ4n) is 3.31. The summed E-state index contributed by atoms with van der Waals surface area (Å²) >= 11 is 0. The summed E-state index contributed by atoms with van der Waals surface area (Å²) in [5, 5.41) is 0. The molecule has 2 unspecified atom stereocenters. The molecule has 0 spiro atoms. The number of aryl methyl sites for hydroxylation is 1. The van der Waals surface area contributed by atoms with Crippen LogP contribution in [-0.2, 0) is 0 Å². The zero-order chi connectivity index (χ0) is 11.1. The second kappa shape index (κ2) is 3.89. The van der Waals surface area contributed by atoms with E-state index in [4.69, 9.17) is 5.73 Å². The van der Waals surface area contributed by atoms with Crippen LogP contribution in [0.2, 0.25) is 0 Å². The summed E-state index contributed by atoms with van der Waals surface area (Å²) < 4.78 is 0. The van der Waals surface area contributed by atoms with Gasteiger partial charge in [-0.05, 0) is 68.0 Å². The molecular formula is C15H21N. The predicted octanol–water partition coefficient (Wildman–Crippen LogP) is 3.32. The normalized spacial score (nSPS) is 28.9. The molecule has 1 aromatic rings. The summed E-state index contributed by atoms with van der Waals surface area (Å²) in [4.78, 5) is 0. The summed E-state index contributed by atoms with van der Waals surface area (Å²) in [6.45, 7) is 3.00. The predicted molar refractivity (Wildman–Crippen MR) is 67.7 cm³/mol. The maximum Gasteiger partial charge on any atom is -0.000813 e. The van der Waals surface area contributed by atoms with E-state index in [0.717, 1.165) is 18.4 Å². The Morgan fingerprint density at radius 3 is 2.62 bits per heavy atom. The number of hydrogen-bond donors (Lipinski definition) is 1. The molecule has 0 amide bonds. The molecule has 2 N–H and O–H groups in total. The number of benzene rings is 1. The molecule has 0 bridgehead atoms. The average molecular weight is 215 g/mol. The number of nitrogens with two attached hydrogens (primary N) is 1. The van der Waals surface area contributed by atoms with Gasteiger partial charge >= 0.3 is 0 Å². The highest BCUT2D eigenvalue weighted by Crippen LogP contribution is 2.50. The lowest BCUT2D eigenvalue weighted by Crippen LogP contribution is -2.21. The highest BCUT2D eigenvalue weighted by atomic mass is 14.6. The minimum absolute atomic E-state index is 0.616. The van der Waals surface area contributed by atoms with Crippen molar-refractivity contribution in [2.75, 3.05) is 6.54 Å². The van der Waals surface area contributed by atoms with E-state index in [1.54, 1.807) is 11.1 Å². The van der Waals surface area contributed by atoms with Gasteiger partial charge in [-0.3, -0.25) is 0 Å². The molecule has 1 heteroatoms. The molecule has 16 heavy (non-hydrogen) atoms. The van der Waals surface area contributed by atoms with Crippen LogP contribution in [0.25, 0.3) is 0 Å². The number of rotatable bonds is 2. The van der Waals surface area contributed by atoms with Gasteiger partial charge in [0.2, 0.25) is 0 Å². The van der Waals surface area contributed by atoms with E-state index in [9.17, 15) is 0 Å². The molecule has 0 radical (unpaired) electrons. The maximum absolute atomic E-state index is 5.91. The molecule has 2 aliphatic rings. The van der Waals surface area contributed by atoms with Crippen LogP contribution in [0.5, 0.6) is 0 Å². The molecule has 1 fully saturated rings. The molecule has 1 saturated carbocycles. The zero-order valence-electron chi connectivity index (χ0n) is 10.1. The van der Waals surface area contributed by atoms with Crippen LogP contribution in [0.4, 0.5) is 0 Å². The van der Waals surface area contributed by atoms with Gasteiger partial charge in [-0.15, -0.1) is 0 Å². The van der Waals surface area contributed by atoms with Gasteiger partial charge in [0.05, 0.1) is 0 Å². The molecule has 0 aliphatic heterocycles. The minimum atomic E-state index is 0.616. The van der Waals surface area contributed by atoms with Crippen molar-refractivity contribution in [2.45, 2.75) is 44.4 Å². The van der Waals surface area contributed by atoms with Gasteiger partial charge < -0.3 is 5.73 Å². The third-order valence-corrected chi connectivity index (χ3v) is 4.38. The van der Waals surface area contributed by atoms with Crippen molar-refractivity contribution in [1.29, 1.82) is 0 Å². The van der Waals surface area contributed by atoms with Gasteiger partial charge in [-0.25, -0.2) is 0 Å². The van der Waals surface area contributed by atoms with Crippen molar-refractivity contribution in [3.8, 4) is 0 Å². The van der Waals surface area contributed by atoms with Crippen LogP contribution < -0.4 is 5.73 Å². The highest BCUT2D eigenvalue weighted by Gasteiger charge is 2.36. The smallest absolute Gasteiger partial charge is 0.000813 e. The number of fused-ring (bicyclic) bond motifs is 1. The van der Waals surface area contributed by atoms with Gasteiger partial charge in [0.15, 0.2) is 0 Å². The lowest BCUT2D eigenvalue weighted by Gasteiger charge is -2.31. The Morgan fingerprint density at radius 1 is 1.12 bits per heavy atom. The second-order valence-corrected chi connectivity index (χ2v) is 5.59. The molecule has 1 aromatic carbocycles. The van der Waals surface area contributed by atoms with E-state index in [0.29, 0.717) is 5.92 Å². The fraction of sp³-hybridized carbons (Fsp3) is 0.600. The van der Waals surface area contributed by atoms with Crippen LogP contribution in [0, 0.1) is 12.8 Å². The quantitative estimate of drug-likeness (QED) is 0.804. The molecule has 0 heterocycles. The van der Waals surface area contributed by atoms with E-state index >= 15 is 0 Å². The summed E-state index contributed by atoms with van der Waals surface area (Å²) in [6, 6.07) is 7.02. The van der Waals surface area contributed by atoms with Gasteiger partial charge in [0.25, 0.3) is 0 Å². The van der Waals surface area contributed by atoms with Gasteiger partial charge in [0.1, 0.15) is 0 Å². The summed E-state index contributed by atoms with van der Waals surface area (Å²) in [6.07, 6.45) is 5.56. The first kappa shape index (κ1) is 10.3. The van der Waals surface area contributed by atoms with E-state index in [1.165, 1.54) is 31.2 Å². The Bertz CT molecular complexity index is 392. The molecule has 86 valence electrons. The zero-order valence-corrected chi connectivity index (χ0v) is 10.1. The highest BCUT2D eigenvalue weighted by molar-refractivity contribution is 5.39. The minimum Gasteiger partial charge on any atom is -0.330 e. The molecule has 3 rings (SSSR count). The molecular weight excluding hydrogens is 194 g/mol. The van der Waals surface area contributed by atoms with Gasteiger partial charge in [0, 0.05) is 0 Å². The second-order valence-electron chi connectivity index (χ2n) is 5.59. The standard InChI is InChI=1S/C15H21N/c1-10-2-6-14-13(11-3-4-11)7-5-12(9-16)15(14)8-10/h2,6,8,11-13H,3-5,7,9,16H2,1H3. The van der Waals surface area contributed by atoms with Crippen LogP contribution in [0.3, 0.4) is 0 Å². The van der Waals surface area contributed by atoms with Crippen molar-refractivity contribution in [2.24, 2.45) is 11.7 Å².